The molecule has 7 heteroatoms. The van der Waals surface area contributed by atoms with Crippen LogP contribution in [0.3, 0.4) is 0 Å². The first-order chi connectivity index (χ1) is 8.26. The van der Waals surface area contributed by atoms with E-state index in [0.717, 1.165) is 0 Å². The van der Waals surface area contributed by atoms with Gasteiger partial charge in [0.2, 0.25) is 0 Å². The Morgan fingerprint density at radius 2 is 2.17 bits per heavy atom. The number of oxime groups is 1. The number of nitrogens with zero attached hydrogens (tertiary/aromatic N) is 2. The fourth-order valence-electron chi connectivity index (χ4n) is 1.81. The Morgan fingerprint density at radius 1 is 1.56 bits per heavy atom. The van der Waals surface area contributed by atoms with E-state index in [2.05, 4.69) is 5.16 Å². The van der Waals surface area contributed by atoms with E-state index in [4.69, 9.17) is 20.4 Å². The van der Waals surface area contributed by atoms with Crippen molar-refractivity contribution in [2.24, 2.45) is 10.9 Å². The summed E-state index contributed by atoms with van der Waals surface area (Å²) in [6.45, 7) is 7.86. The molecule has 1 aliphatic heterocycles. The molecule has 1 saturated heterocycles. The van der Waals surface area contributed by atoms with Gasteiger partial charge in [-0.1, -0.05) is 5.16 Å². The Balaban J connectivity index is 2.86. The van der Waals surface area contributed by atoms with E-state index >= 15 is 0 Å². The van der Waals surface area contributed by atoms with E-state index in [1.807, 2.05) is 0 Å². The molecule has 1 rings (SSSR count). The van der Waals surface area contributed by atoms with Gasteiger partial charge in [0.15, 0.2) is 5.84 Å². The first kappa shape index (κ1) is 14.6. The summed E-state index contributed by atoms with van der Waals surface area (Å²) in [5.74, 6) is -0.0620. The van der Waals surface area contributed by atoms with Crippen LogP contribution in [-0.2, 0) is 9.47 Å². The summed E-state index contributed by atoms with van der Waals surface area (Å²) in [5.41, 5.74) is 5.01. The van der Waals surface area contributed by atoms with E-state index in [1.165, 1.54) is 4.90 Å². The molecule has 1 aliphatic rings. The maximum atomic E-state index is 12.0. The van der Waals surface area contributed by atoms with Gasteiger partial charge >= 0.3 is 6.09 Å². The smallest absolute Gasteiger partial charge is 0.411 e. The van der Waals surface area contributed by atoms with Crippen LogP contribution in [0.2, 0.25) is 0 Å². The van der Waals surface area contributed by atoms with Gasteiger partial charge in [-0.3, -0.25) is 4.90 Å². The van der Waals surface area contributed by atoms with E-state index in [1.54, 1.807) is 27.7 Å². The summed E-state index contributed by atoms with van der Waals surface area (Å²) in [6.07, 6.45) is -0.837. The second-order valence-electron chi connectivity index (χ2n) is 5.22. The lowest BCUT2D eigenvalue weighted by atomic mass is 10.1. The maximum Gasteiger partial charge on any atom is 0.411 e. The number of carbonyl (C=O) groups is 1. The minimum Gasteiger partial charge on any atom is -0.444 e. The van der Waals surface area contributed by atoms with Gasteiger partial charge in [0.05, 0.1) is 12.7 Å². The van der Waals surface area contributed by atoms with Crippen LogP contribution < -0.4 is 5.73 Å². The summed E-state index contributed by atoms with van der Waals surface area (Å²) in [6, 6.07) is -0.612. The molecule has 2 atom stereocenters. The SMILES string of the molecule is CC1OCCN(C(=O)OC(C)(C)C)C1/C(N)=N/O. The van der Waals surface area contributed by atoms with Crippen molar-refractivity contribution in [3.63, 3.8) is 0 Å². The molecular weight excluding hydrogens is 238 g/mol. The molecule has 0 spiro atoms. The molecular formula is C11H21N3O4. The predicted molar refractivity (Wildman–Crippen MR) is 65.6 cm³/mol. The number of rotatable bonds is 1. The lowest BCUT2D eigenvalue weighted by Crippen LogP contribution is -2.59. The number of hydrogen-bond acceptors (Lipinski definition) is 5. The van der Waals surface area contributed by atoms with E-state index in [0.29, 0.717) is 13.2 Å². The van der Waals surface area contributed by atoms with E-state index in [-0.39, 0.29) is 11.9 Å². The van der Waals surface area contributed by atoms with Gasteiger partial charge < -0.3 is 20.4 Å². The highest BCUT2D eigenvalue weighted by molar-refractivity contribution is 5.89. The Morgan fingerprint density at radius 3 is 2.67 bits per heavy atom. The fourth-order valence-corrected chi connectivity index (χ4v) is 1.81. The molecule has 0 aromatic heterocycles. The Kier molecular flexibility index (Phi) is 4.39. The second-order valence-corrected chi connectivity index (χ2v) is 5.22. The third kappa shape index (κ3) is 3.49. The molecule has 1 heterocycles. The second kappa shape index (κ2) is 5.43. The molecule has 0 aliphatic carbocycles. The third-order valence-corrected chi connectivity index (χ3v) is 2.54. The minimum absolute atomic E-state index is 0.0620. The monoisotopic (exact) mass is 259 g/mol. The van der Waals surface area contributed by atoms with E-state index in [9.17, 15) is 4.79 Å². The molecule has 0 radical (unpaired) electrons. The lowest BCUT2D eigenvalue weighted by Gasteiger charge is -2.39. The summed E-state index contributed by atoms with van der Waals surface area (Å²) >= 11 is 0. The zero-order chi connectivity index (χ0) is 13.9. The largest absolute Gasteiger partial charge is 0.444 e. The van der Waals surface area contributed by atoms with Gasteiger partial charge in [-0.15, -0.1) is 0 Å². The predicted octanol–water partition coefficient (Wildman–Crippen LogP) is 0.757. The van der Waals surface area contributed by atoms with Crippen LogP contribution in [-0.4, -0.2) is 52.9 Å². The number of hydrogen-bond donors (Lipinski definition) is 2. The van der Waals surface area contributed by atoms with Crippen LogP contribution in [0, 0.1) is 0 Å². The van der Waals surface area contributed by atoms with E-state index < -0.39 is 17.7 Å². The standard InChI is InChI=1S/C11H21N3O4/c1-7-8(9(12)13-16)14(5-6-17-7)10(15)18-11(2,3)4/h7-8,16H,5-6H2,1-4H3,(H2,12,13). The van der Waals surface area contributed by atoms with Crippen molar-refractivity contribution in [3.8, 4) is 0 Å². The zero-order valence-corrected chi connectivity index (χ0v) is 11.2. The number of amides is 1. The van der Waals surface area contributed by atoms with Crippen LogP contribution in [0.4, 0.5) is 4.79 Å². The molecule has 3 N–H and O–H groups in total. The first-order valence-electron chi connectivity index (χ1n) is 5.85. The minimum atomic E-state index is -0.612. The fraction of sp³-hybridized carbons (Fsp3) is 0.818. The van der Waals surface area contributed by atoms with Crippen molar-refractivity contribution in [2.75, 3.05) is 13.2 Å². The Hall–Kier alpha value is -1.50. The zero-order valence-electron chi connectivity index (χ0n) is 11.2. The molecule has 18 heavy (non-hydrogen) atoms. The number of nitrogens with two attached hydrogens (primary N) is 1. The molecule has 0 saturated carbocycles. The van der Waals surface area contributed by atoms with Crippen LogP contribution in [0.1, 0.15) is 27.7 Å². The molecule has 2 unspecified atom stereocenters. The van der Waals surface area contributed by atoms with Crippen LogP contribution in [0.25, 0.3) is 0 Å². The lowest BCUT2D eigenvalue weighted by molar-refractivity contribution is -0.0513. The average molecular weight is 259 g/mol. The number of amidine groups is 1. The highest BCUT2D eigenvalue weighted by Crippen LogP contribution is 2.18. The van der Waals surface area contributed by atoms with Gasteiger partial charge in [-0.05, 0) is 27.7 Å². The van der Waals surface area contributed by atoms with Crippen molar-refractivity contribution in [1.82, 2.24) is 4.90 Å². The maximum absolute atomic E-state index is 12.0. The quantitative estimate of drug-likeness (QED) is 0.313. The third-order valence-electron chi connectivity index (χ3n) is 2.54. The van der Waals surface area contributed by atoms with Crippen LogP contribution in [0.15, 0.2) is 5.16 Å². The summed E-state index contributed by atoms with van der Waals surface area (Å²) in [5, 5.41) is 11.7. The highest BCUT2D eigenvalue weighted by atomic mass is 16.6. The number of ether oxygens (including phenoxy) is 2. The van der Waals surface area contributed by atoms with Gasteiger partial charge in [0, 0.05) is 6.54 Å². The molecule has 7 nitrogen and oxygen atoms in total. The van der Waals surface area contributed by atoms with Crippen LogP contribution in [0.5, 0.6) is 0 Å². The van der Waals surface area contributed by atoms with Crippen molar-refractivity contribution in [3.05, 3.63) is 0 Å². The Labute approximate surface area is 107 Å². The molecule has 1 amide bonds. The summed E-state index contributed by atoms with van der Waals surface area (Å²) in [7, 11) is 0. The van der Waals surface area contributed by atoms with Gasteiger partial charge in [0.1, 0.15) is 11.6 Å². The average Bonchev–Trinajstić information content (AvgIpc) is 2.25. The summed E-state index contributed by atoms with van der Waals surface area (Å²) < 4.78 is 10.7. The first-order valence-corrected chi connectivity index (χ1v) is 5.85. The Bertz CT molecular complexity index is 338. The van der Waals surface area contributed by atoms with Crippen molar-refractivity contribution in [2.45, 2.75) is 45.4 Å². The molecule has 104 valence electrons. The normalized spacial score (nSPS) is 26.0. The summed E-state index contributed by atoms with van der Waals surface area (Å²) in [4.78, 5) is 13.5. The molecule has 0 bridgehead atoms. The molecule has 0 aromatic carbocycles. The highest BCUT2D eigenvalue weighted by Gasteiger charge is 2.38. The van der Waals surface area contributed by atoms with Gasteiger partial charge in [-0.25, -0.2) is 4.79 Å². The van der Waals surface area contributed by atoms with Crippen molar-refractivity contribution < 1.29 is 19.5 Å². The molecule has 1 fully saturated rings. The number of carbonyl (C=O) groups excluding carboxylic acids is 1. The number of morpholine rings is 1. The topological polar surface area (TPSA) is 97.4 Å². The van der Waals surface area contributed by atoms with Crippen LogP contribution >= 0.6 is 0 Å². The van der Waals surface area contributed by atoms with Crippen molar-refractivity contribution in [1.29, 1.82) is 0 Å². The molecule has 0 aromatic rings. The van der Waals surface area contributed by atoms with Gasteiger partial charge in [0.25, 0.3) is 0 Å². The van der Waals surface area contributed by atoms with Crippen molar-refractivity contribution >= 4 is 11.9 Å². The van der Waals surface area contributed by atoms with Gasteiger partial charge in [-0.2, -0.15) is 0 Å².